The third-order valence-corrected chi connectivity index (χ3v) is 3.18. The van der Waals surface area contributed by atoms with Crippen molar-refractivity contribution in [2.24, 2.45) is 11.3 Å². The third-order valence-electron chi connectivity index (χ3n) is 3.18. The summed E-state index contributed by atoms with van der Waals surface area (Å²) in [6.07, 6.45) is 1.28. The molecule has 1 aliphatic heterocycles. The van der Waals surface area contributed by atoms with Crippen LogP contribution in [0.5, 0.6) is 0 Å². The zero-order valence-electron chi connectivity index (χ0n) is 11.4. The minimum atomic E-state index is -0.462. The van der Waals surface area contributed by atoms with Gasteiger partial charge >= 0.3 is 0 Å². The van der Waals surface area contributed by atoms with Crippen molar-refractivity contribution in [2.45, 2.75) is 52.7 Å². The Morgan fingerprint density at radius 3 is 2.65 bits per heavy atom. The second kappa shape index (κ2) is 5.83. The second-order valence-corrected chi connectivity index (χ2v) is 6.36. The van der Waals surface area contributed by atoms with Crippen LogP contribution in [-0.4, -0.2) is 36.2 Å². The molecule has 0 aromatic rings. The van der Waals surface area contributed by atoms with Crippen molar-refractivity contribution < 1.29 is 9.90 Å². The number of carbonyl (C=O) groups is 1. The lowest BCUT2D eigenvalue weighted by Gasteiger charge is -2.23. The molecule has 0 spiro atoms. The minimum absolute atomic E-state index is 0.0166. The summed E-state index contributed by atoms with van der Waals surface area (Å²) >= 11 is 0. The van der Waals surface area contributed by atoms with Crippen molar-refractivity contribution >= 4 is 5.91 Å². The predicted molar refractivity (Wildman–Crippen MR) is 68.7 cm³/mol. The number of carbonyl (C=O) groups excluding carboxylic acids is 1. The van der Waals surface area contributed by atoms with Gasteiger partial charge in [-0.05, 0) is 30.7 Å². The Labute approximate surface area is 104 Å². The van der Waals surface area contributed by atoms with Crippen LogP contribution in [0.2, 0.25) is 0 Å². The first-order valence-electron chi connectivity index (χ1n) is 6.49. The highest BCUT2D eigenvalue weighted by Crippen LogP contribution is 2.20. The molecular weight excluding hydrogens is 216 g/mol. The van der Waals surface area contributed by atoms with Crippen molar-refractivity contribution in [3.05, 3.63) is 0 Å². The highest BCUT2D eigenvalue weighted by molar-refractivity contribution is 5.82. The van der Waals surface area contributed by atoms with E-state index in [-0.39, 0.29) is 17.4 Å². The third kappa shape index (κ3) is 5.04. The minimum Gasteiger partial charge on any atom is -0.391 e. The van der Waals surface area contributed by atoms with E-state index in [0.717, 1.165) is 13.0 Å². The van der Waals surface area contributed by atoms with Crippen LogP contribution in [0.1, 0.15) is 40.5 Å². The smallest absolute Gasteiger partial charge is 0.237 e. The van der Waals surface area contributed by atoms with E-state index >= 15 is 0 Å². The van der Waals surface area contributed by atoms with Gasteiger partial charge in [-0.2, -0.15) is 0 Å². The van der Waals surface area contributed by atoms with Crippen molar-refractivity contribution in [3.8, 4) is 0 Å². The summed E-state index contributed by atoms with van der Waals surface area (Å²) in [5.74, 6) is 0.401. The van der Waals surface area contributed by atoms with E-state index in [1.807, 2.05) is 0 Å². The van der Waals surface area contributed by atoms with Gasteiger partial charge < -0.3 is 15.7 Å². The van der Waals surface area contributed by atoms with Gasteiger partial charge in [-0.15, -0.1) is 0 Å². The van der Waals surface area contributed by atoms with Gasteiger partial charge in [0.25, 0.3) is 0 Å². The van der Waals surface area contributed by atoms with Crippen molar-refractivity contribution in [2.75, 3.05) is 13.1 Å². The number of rotatable bonds is 4. The highest BCUT2D eigenvalue weighted by Gasteiger charge is 2.29. The molecule has 1 heterocycles. The van der Waals surface area contributed by atoms with Gasteiger partial charge in [0.2, 0.25) is 5.91 Å². The lowest BCUT2D eigenvalue weighted by atomic mass is 9.89. The van der Waals surface area contributed by atoms with Crippen LogP contribution in [0.15, 0.2) is 0 Å². The maximum absolute atomic E-state index is 11.8. The molecule has 1 amide bonds. The molecule has 0 saturated carbocycles. The van der Waals surface area contributed by atoms with E-state index in [2.05, 4.69) is 38.3 Å². The van der Waals surface area contributed by atoms with Gasteiger partial charge in [-0.3, -0.25) is 4.79 Å². The topological polar surface area (TPSA) is 61.4 Å². The molecule has 4 heteroatoms. The van der Waals surface area contributed by atoms with Crippen molar-refractivity contribution in [3.63, 3.8) is 0 Å². The molecule has 0 aromatic heterocycles. The fourth-order valence-corrected chi connectivity index (χ4v) is 2.29. The van der Waals surface area contributed by atoms with Gasteiger partial charge in [0.05, 0.1) is 12.1 Å². The molecule has 100 valence electrons. The zero-order valence-corrected chi connectivity index (χ0v) is 11.4. The first kappa shape index (κ1) is 14.5. The van der Waals surface area contributed by atoms with E-state index < -0.39 is 6.10 Å². The average Bonchev–Trinajstić information content (AvgIpc) is 2.58. The molecule has 1 rings (SSSR count). The maximum Gasteiger partial charge on any atom is 0.237 e. The van der Waals surface area contributed by atoms with Crippen LogP contribution in [0, 0.1) is 11.3 Å². The molecule has 0 aliphatic carbocycles. The predicted octanol–water partition coefficient (Wildman–Crippen LogP) is 0.898. The Bertz CT molecular complexity index is 261. The summed E-state index contributed by atoms with van der Waals surface area (Å²) in [5.41, 5.74) is 0.0864. The summed E-state index contributed by atoms with van der Waals surface area (Å²) < 4.78 is 0. The molecule has 17 heavy (non-hydrogen) atoms. The molecule has 1 saturated heterocycles. The Morgan fingerprint density at radius 1 is 1.53 bits per heavy atom. The van der Waals surface area contributed by atoms with Gasteiger partial charge in [-0.1, -0.05) is 27.7 Å². The summed E-state index contributed by atoms with van der Waals surface area (Å²) in [7, 11) is 0. The van der Waals surface area contributed by atoms with E-state index in [1.165, 1.54) is 0 Å². The number of aliphatic hydroxyl groups excluding tert-OH is 1. The maximum atomic E-state index is 11.8. The van der Waals surface area contributed by atoms with Crippen LogP contribution in [0.3, 0.4) is 0 Å². The van der Waals surface area contributed by atoms with E-state index in [0.29, 0.717) is 18.9 Å². The highest BCUT2D eigenvalue weighted by atomic mass is 16.3. The molecule has 4 nitrogen and oxygen atoms in total. The fourth-order valence-electron chi connectivity index (χ4n) is 2.29. The van der Waals surface area contributed by atoms with Crippen molar-refractivity contribution in [1.82, 2.24) is 10.6 Å². The quantitative estimate of drug-likeness (QED) is 0.686. The Kier molecular flexibility index (Phi) is 4.95. The number of hydrogen-bond acceptors (Lipinski definition) is 3. The molecule has 0 bridgehead atoms. The summed E-state index contributed by atoms with van der Waals surface area (Å²) in [6, 6.07) is -0.0863. The molecule has 1 fully saturated rings. The van der Waals surface area contributed by atoms with Gasteiger partial charge in [-0.25, -0.2) is 0 Å². The molecule has 1 aliphatic rings. The van der Waals surface area contributed by atoms with Gasteiger partial charge in [0.1, 0.15) is 0 Å². The van der Waals surface area contributed by atoms with Gasteiger partial charge in [0.15, 0.2) is 0 Å². The van der Waals surface area contributed by atoms with E-state index in [9.17, 15) is 9.90 Å². The summed E-state index contributed by atoms with van der Waals surface area (Å²) in [4.78, 5) is 11.8. The molecule has 0 radical (unpaired) electrons. The number of aliphatic hydroxyl groups is 1. The van der Waals surface area contributed by atoms with E-state index in [1.54, 1.807) is 0 Å². The fraction of sp³-hybridized carbons (Fsp3) is 0.923. The van der Waals surface area contributed by atoms with Crippen LogP contribution < -0.4 is 10.6 Å². The standard InChI is InChI=1S/C13H26N2O2/c1-9-5-6-14-11(9)12(17)15-8-10(16)7-13(2,3)4/h9-11,14,16H,5-8H2,1-4H3,(H,15,17). The SMILES string of the molecule is CC1CCNC1C(=O)NCC(O)CC(C)(C)C. The summed E-state index contributed by atoms with van der Waals surface area (Å²) in [6.45, 7) is 9.58. The van der Waals surface area contributed by atoms with Crippen LogP contribution >= 0.6 is 0 Å². The molecular formula is C13H26N2O2. The molecule has 3 unspecified atom stereocenters. The van der Waals surface area contributed by atoms with Gasteiger partial charge in [0, 0.05) is 6.54 Å². The number of hydrogen-bond donors (Lipinski definition) is 3. The number of nitrogens with one attached hydrogen (secondary N) is 2. The first-order valence-corrected chi connectivity index (χ1v) is 6.49. The molecule has 3 atom stereocenters. The summed E-state index contributed by atoms with van der Waals surface area (Å²) in [5, 5.41) is 15.8. The second-order valence-electron chi connectivity index (χ2n) is 6.36. The lowest BCUT2D eigenvalue weighted by molar-refractivity contribution is -0.124. The largest absolute Gasteiger partial charge is 0.391 e. The van der Waals surface area contributed by atoms with E-state index in [4.69, 9.17) is 0 Å². The molecule has 0 aromatic carbocycles. The number of amides is 1. The van der Waals surface area contributed by atoms with Crippen molar-refractivity contribution in [1.29, 1.82) is 0 Å². The van der Waals surface area contributed by atoms with Crippen LogP contribution in [0.4, 0.5) is 0 Å². The van der Waals surface area contributed by atoms with Crippen LogP contribution in [0.25, 0.3) is 0 Å². The van der Waals surface area contributed by atoms with Crippen LogP contribution in [-0.2, 0) is 4.79 Å². The Morgan fingerprint density at radius 2 is 2.18 bits per heavy atom. The Balaban J connectivity index is 2.28. The monoisotopic (exact) mass is 242 g/mol. The lowest BCUT2D eigenvalue weighted by Crippen LogP contribution is -2.45. The zero-order chi connectivity index (χ0) is 13.1. The average molecular weight is 242 g/mol. The molecule has 3 N–H and O–H groups in total. The first-order chi connectivity index (χ1) is 7.79. The normalized spacial score (nSPS) is 26.9. The Hall–Kier alpha value is -0.610.